The Morgan fingerprint density at radius 2 is 1.80 bits per heavy atom. The molecule has 0 spiro atoms. The Labute approximate surface area is 173 Å². The van der Waals surface area contributed by atoms with Gasteiger partial charge in [0.05, 0.1) is 30.6 Å². The van der Waals surface area contributed by atoms with Gasteiger partial charge in [0.15, 0.2) is 0 Å². The van der Waals surface area contributed by atoms with E-state index in [1.54, 1.807) is 35.9 Å². The maximum absolute atomic E-state index is 13.1. The van der Waals surface area contributed by atoms with E-state index < -0.39 is 18.0 Å². The Morgan fingerprint density at radius 1 is 1.07 bits per heavy atom. The summed E-state index contributed by atoms with van der Waals surface area (Å²) in [5.74, 6) is -0.379. The van der Waals surface area contributed by atoms with Crippen LogP contribution in [0, 0.1) is 0 Å². The van der Waals surface area contributed by atoms with Crippen LogP contribution in [0.3, 0.4) is 0 Å². The third-order valence-electron chi connectivity index (χ3n) is 4.80. The van der Waals surface area contributed by atoms with Crippen LogP contribution >= 0.6 is 0 Å². The Hall–Kier alpha value is -3.94. The zero-order chi connectivity index (χ0) is 21.1. The molecule has 0 saturated carbocycles. The fraction of sp³-hybridized carbons (Fsp3) is 0.182. The van der Waals surface area contributed by atoms with Crippen molar-refractivity contribution in [3.05, 3.63) is 83.2 Å². The summed E-state index contributed by atoms with van der Waals surface area (Å²) in [5, 5.41) is 7.53. The summed E-state index contributed by atoms with van der Waals surface area (Å²) < 4.78 is 11.8. The quantitative estimate of drug-likeness (QED) is 0.653. The predicted octanol–water partition coefficient (Wildman–Crippen LogP) is 3.05. The van der Waals surface area contributed by atoms with Crippen LogP contribution in [0.5, 0.6) is 0 Å². The molecule has 0 radical (unpaired) electrons. The van der Waals surface area contributed by atoms with E-state index in [0.29, 0.717) is 22.8 Å². The number of nitrogens with zero attached hydrogens (tertiary/aromatic N) is 3. The molecule has 8 nitrogen and oxygen atoms in total. The SMILES string of the molecule is CCOC(=O)C1=C(c2ccccc2)Nc2ncnn2[C@H]1c1ccc(C(=O)OC)cc1. The molecule has 0 amide bonds. The zero-order valence-corrected chi connectivity index (χ0v) is 16.5. The average Bonchev–Trinajstić information content (AvgIpc) is 3.26. The first-order valence-corrected chi connectivity index (χ1v) is 9.45. The van der Waals surface area contributed by atoms with E-state index >= 15 is 0 Å². The van der Waals surface area contributed by atoms with Gasteiger partial charge in [0.2, 0.25) is 5.95 Å². The van der Waals surface area contributed by atoms with Gasteiger partial charge in [0.25, 0.3) is 0 Å². The number of benzene rings is 2. The number of carbonyl (C=O) groups is 2. The summed E-state index contributed by atoms with van der Waals surface area (Å²) in [6.07, 6.45) is 1.43. The monoisotopic (exact) mass is 404 g/mol. The van der Waals surface area contributed by atoms with Gasteiger partial charge in [-0.2, -0.15) is 10.1 Å². The van der Waals surface area contributed by atoms with Gasteiger partial charge in [0.1, 0.15) is 12.4 Å². The first-order chi connectivity index (χ1) is 14.6. The molecule has 8 heteroatoms. The number of ether oxygens (including phenoxy) is 2. The molecule has 0 bridgehead atoms. The molecule has 1 aliphatic rings. The van der Waals surface area contributed by atoms with Crippen molar-refractivity contribution in [1.29, 1.82) is 0 Å². The largest absolute Gasteiger partial charge is 0.465 e. The van der Waals surface area contributed by atoms with Crippen molar-refractivity contribution in [2.75, 3.05) is 19.0 Å². The Balaban J connectivity index is 1.90. The highest BCUT2D eigenvalue weighted by atomic mass is 16.5. The number of anilines is 1. The van der Waals surface area contributed by atoms with Crippen LogP contribution < -0.4 is 5.32 Å². The molecular formula is C22H20N4O4. The number of carbonyl (C=O) groups excluding carboxylic acids is 2. The van der Waals surface area contributed by atoms with Crippen LogP contribution in [0.15, 0.2) is 66.5 Å². The van der Waals surface area contributed by atoms with Crippen molar-refractivity contribution in [3.63, 3.8) is 0 Å². The van der Waals surface area contributed by atoms with Gasteiger partial charge in [-0.15, -0.1) is 0 Å². The minimum Gasteiger partial charge on any atom is -0.465 e. The minimum atomic E-state index is -0.579. The first-order valence-electron chi connectivity index (χ1n) is 9.45. The highest BCUT2D eigenvalue weighted by Crippen LogP contribution is 2.38. The van der Waals surface area contributed by atoms with Gasteiger partial charge in [-0.1, -0.05) is 42.5 Å². The second-order valence-corrected chi connectivity index (χ2v) is 6.54. The molecule has 1 aliphatic heterocycles. The van der Waals surface area contributed by atoms with Crippen molar-refractivity contribution < 1.29 is 19.1 Å². The van der Waals surface area contributed by atoms with Crippen molar-refractivity contribution in [1.82, 2.24) is 14.8 Å². The fourth-order valence-electron chi connectivity index (χ4n) is 3.45. The van der Waals surface area contributed by atoms with E-state index in [1.165, 1.54) is 13.4 Å². The fourth-order valence-corrected chi connectivity index (χ4v) is 3.45. The second-order valence-electron chi connectivity index (χ2n) is 6.54. The molecule has 1 atom stereocenters. The van der Waals surface area contributed by atoms with Gasteiger partial charge in [-0.05, 0) is 30.2 Å². The van der Waals surface area contributed by atoms with Gasteiger partial charge in [-0.3, -0.25) is 0 Å². The smallest absolute Gasteiger partial charge is 0.338 e. The van der Waals surface area contributed by atoms with Crippen molar-refractivity contribution in [2.45, 2.75) is 13.0 Å². The van der Waals surface area contributed by atoms with Gasteiger partial charge in [-0.25, -0.2) is 14.3 Å². The van der Waals surface area contributed by atoms with Crippen LogP contribution in [0.2, 0.25) is 0 Å². The molecule has 0 fully saturated rings. The van der Waals surface area contributed by atoms with Crippen LogP contribution in [-0.2, 0) is 14.3 Å². The van der Waals surface area contributed by atoms with Gasteiger partial charge >= 0.3 is 11.9 Å². The summed E-state index contributed by atoms with van der Waals surface area (Å²) in [6, 6.07) is 15.8. The third-order valence-corrected chi connectivity index (χ3v) is 4.80. The summed E-state index contributed by atoms with van der Waals surface area (Å²) in [7, 11) is 1.33. The highest BCUT2D eigenvalue weighted by Gasteiger charge is 2.36. The number of rotatable bonds is 5. The van der Waals surface area contributed by atoms with Crippen molar-refractivity contribution in [2.24, 2.45) is 0 Å². The number of methoxy groups -OCH3 is 1. The summed E-state index contributed by atoms with van der Waals surface area (Å²) in [6.45, 7) is 2.00. The molecule has 0 aliphatic carbocycles. The predicted molar refractivity (Wildman–Crippen MR) is 110 cm³/mol. The topological polar surface area (TPSA) is 95.3 Å². The van der Waals surface area contributed by atoms with Crippen LogP contribution in [0.4, 0.5) is 5.95 Å². The van der Waals surface area contributed by atoms with E-state index in [2.05, 4.69) is 15.4 Å². The Kier molecular flexibility index (Phi) is 5.30. The average molecular weight is 404 g/mol. The lowest BCUT2D eigenvalue weighted by atomic mass is 9.92. The molecule has 2 heterocycles. The lowest BCUT2D eigenvalue weighted by Gasteiger charge is -2.29. The molecule has 1 N–H and O–H groups in total. The summed E-state index contributed by atoms with van der Waals surface area (Å²) in [5.41, 5.74) is 3.01. The molecule has 3 aromatic rings. The molecule has 1 aromatic heterocycles. The number of hydrogen-bond donors (Lipinski definition) is 1. The first kappa shape index (κ1) is 19.4. The maximum Gasteiger partial charge on any atom is 0.338 e. The summed E-state index contributed by atoms with van der Waals surface area (Å²) in [4.78, 5) is 29.2. The van der Waals surface area contributed by atoms with Crippen LogP contribution in [-0.4, -0.2) is 40.4 Å². The second kappa shape index (κ2) is 8.20. The lowest BCUT2D eigenvalue weighted by molar-refractivity contribution is -0.138. The Bertz CT molecular complexity index is 1100. The van der Waals surface area contributed by atoms with E-state index in [-0.39, 0.29) is 6.61 Å². The van der Waals surface area contributed by atoms with E-state index in [4.69, 9.17) is 9.47 Å². The number of nitrogens with one attached hydrogen (secondary N) is 1. The molecule has 152 valence electrons. The van der Waals surface area contributed by atoms with Crippen LogP contribution in [0.25, 0.3) is 5.70 Å². The van der Waals surface area contributed by atoms with Crippen molar-refractivity contribution >= 4 is 23.6 Å². The molecular weight excluding hydrogens is 384 g/mol. The lowest BCUT2D eigenvalue weighted by Crippen LogP contribution is -2.30. The molecule has 2 aromatic carbocycles. The van der Waals surface area contributed by atoms with E-state index in [9.17, 15) is 9.59 Å². The Morgan fingerprint density at radius 3 is 2.47 bits per heavy atom. The minimum absolute atomic E-state index is 0.239. The summed E-state index contributed by atoms with van der Waals surface area (Å²) >= 11 is 0. The van der Waals surface area contributed by atoms with Gasteiger partial charge in [0, 0.05) is 0 Å². The standard InChI is InChI=1S/C22H20N4O4/c1-3-30-21(28)17-18(14-7-5-4-6-8-14)25-22-23-13-24-26(22)19(17)15-9-11-16(12-10-15)20(27)29-2/h4-13,19H,3H2,1-2H3,(H,23,24,25)/t19-/m0/s1. The number of aromatic nitrogens is 3. The maximum atomic E-state index is 13.1. The molecule has 4 rings (SSSR count). The molecule has 0 unspecified atom stereocenters. The molecule has 0 saturated heterocycles. The van der Waals surface area contributed by atoms with E-state index in [1.807, 2.05) is 30.3 Å². The number of fused-ring (bicyclic) bond motifs is 1. The molecule has 30 heavy (non-hydrogen) atoms. The van der Waals surface area contributed by atoms with E-state index in [0.717, 1.165) is 11.1 Å². The highest BCUT2D eigenvalue weighted by molar-refractivity contribution is 6.02. The zero-order valence-electron chi connectivity index (χ0n) is 16.5. The third kappa shape index (κ3) is 3.43. The number of esters is 2. The van der Waals surface area contributed by atoms with Crippen LogP contribution in [0.1, 0.15) is 34.5 Å². The normalized spacial score (nSPS) is 15.2. The van der Waals surface area contributed by atoms with Gasteiger partial charge < -0.3 is 14.8 Å². The van der Waals surface area contributed by atoms with Crippen molar-refractivity contribution in [3.8, 4) is 0 Å². The number of hydrogen-bond acceptors (Lipinski definition) is 7.